The van der Waals surface area contributed by atoms with Gasteiger partial charge in [-0.15, -0.1) is 0 Å². The van der Waals surface area contributed by atoms with Gasteiger partial charge in [-0.25, -0.2) is 0 Å². The van der Waals surface area contributed by atoms with E-state index in [-0.39, 0.29) is 17.9 Å². The van der Waals surface area contributed by atoms with Crippen molar-refractivity contribution in [1.29, 1.82) is 0 Å². The lowest BCUT2D eigenvalue weighted by atomic mass is 9.86. The minimum atomic E-state index is -0.0564. The van der Waals surface area contributed by atoms with E-state index in [0.29, 0.717) is 0 Å². The minimum Gasteiger partial charge on any atom is -0.376 e. The Morgan fingerprint density at radius 3 is 2.43 bits per heavy atom. The second-order valence-electron chi connectivity index (χ2n) is 6.66. The molecule has 2 N–H and O–H groups in total. The van der Waals surface area contributed by atoms with Gasteiger partial charge in [-0.1, -0.05) is 54.9 Å². The normalized spacial score (nSPS) is 11.2. The van der Waals surface area contributed by atoms with Crippen LogP contribution in [-0.4, -0.2) is 12.5 Å². The molecule has 0 aliphatic carbocycles. The lowest BCUT2D eigenvalue weighted by Gasteiger charge is -2.23. The van der Waals surface area contributed by atoms with E-state index in [1.807, 2.05) is 43.3 Å². The quantitative estimate of drug-likeness (QED) is 0.780. The number of carbonyl (C=O) groups excluding carboxylic acids is 1. The fraction of sp³-hybridized carbons (Fsp3) is 0.316. The zero-order valence-corrected chi connectivity index (χ0v) is 15.6. The monoisotopic (exact) mass is 374 g/mol. The molecule has 0 radical (unpaired) electrons. The number of halogens is 1. The predicted molar refractivity (Wildman–Crippen MR) is 101 cm³/mol. The van der Waals surface area contributed by atoms with Crippen molar-refractivity contribution in [2.24, 2.45) is 0 Å². The van der Waals surface area contributed by atoms with Gasteiger partial charge in [-0.05, 0) is 47.7 Å². The second-order valence-corrected chi connectivity index (χ2v) is 7.57. The highest BCUT2D eigenvalue weighted by molar-refractivity contribution is 9.10. The van der Waals surface area contributed by atoms with Gasteiger partial charge in [0.1, 0.15) is 0 Å². The first-order valence-electron chi connectivity index (χ1n) is 7.67. The van der Waals surface area contributed by atoms with Crippen molar-refractivity contribution in [2.75, 3.05) is 17.2 Å². The molecule has 0 bridgehead atoms. The lowest BCUT2D eigenvalue weighted by molar-refractivity contribution is -0.114. The van der Waals surface area contributed by atoms with Gasteiger partial charge in [0.15, 0.2) is 0 Å². The van der Waals surface area contributed by atoms with E-state index in [2.05, 4.69) is 53.4 Å². The summed E-state index contributed by atoms with van der Waals surface area (Å²) in [5, 5.41) is 6.19. The Morgan fingerprint density at radius 2 is 1.78 bits per heavy atom. The maximum absolute atomic E-state index is 12.2. The zero-order chi connectivity index (χ0) is 17.0. The molecule has 0 aliphatic rings. The van der Waals surface area contributed by atoms with Crippen molar-refractivity contribution in [3.8, 4) is 0 Å². The van der Waals surface area contributed by atoms with Gasteiger partial charge in [0.05, 0.1) is 6.54 Å². The molecule has 1 amide bonds. The predicted octanol–water partition coefficient (Wildman–Crippen LogP) is 5.11. The number of amides is 1. The number of anilines is 2. The van der Waals surface area contributed by atoms with Crippen molar-refractivity contribution in [1.82, 2.24) is 0 Å². The average Bonchev–Trinajstić information content (AvgIpc) is 2.47. The number of hydrogen-bond acceptors (Lipinski definition) is 2. The highest BCUT2D eigenvalue weighted by Gasteiger charge is 2.17. The van der Waals surface area contributed by atoms with Crippen LogP contribution in [0.4, 0.5) is 11.4 Å². The van der Waals surface area contributed by atoms with E-state index in [4.69, 9.17) is 0 Å². The first-order valence-corrected chi connectivity index (χ1v) is 8.46. The van der Waals surface area contributed by atoms with E-state index in [1.165, 1.54) is 5.56 Å². The summed E-state index contributed by atoms with van der Waals surface area (Å²) in [4.78, 5) is 12.2. The fourth-order valence-corrected chi connectivity index (χ4v) is 2.90. The Bertz CT molecular complexity index is 705. The minimum absolute atomic E-state index is 0.0301. The lowest BCUT2D eigenvalue weighted by Crippen LogP contribution is -2.24. The molecular formula is C19H23BrN2O. The molecule has 3 nitrogen and oxygen atoms in total. The summed E-state index contributed by atoms with van der Waals surface area (Å²) < 4.78 is 1.00. The largest absolute Gasteiger partial charge is 0.376 e. The van der Waals surface area contributed by atoms with Gasteiger partial charge in [-0.3, -0.25) is 4.79 Å². The maximum atomic E-state index is 12.2. The summed E-state index contributed by atoms with van der Waals surface area (Å²) in [6.07, 6.45) is 0. The molecule has 2 aromatic rings. The van der Waals surface area contributed by atoms with Crippen molar-refractivity contribution >= 4 is 33.2 Å². The summed E-state index contributed by atoms with van der Waals surface area (Å²) in [5.41, 5.74) is 4.10. The van der Waals surface area contributed by atoms with Crippen LogP contribution in [0.15, 0.2) is 46.9 Å². The molecule has 0 unspecified atom stereocenters. The molecule has 0 heterocycles. The zero-order valence-electron chi connectivity index (χ0n) is 14.0. The summed E-state index contributed by atoms with van der Waals surface area (Å²) in [7, 11) is 0. The van der Waals surface area contributed by atoms with Crippen molar-refractivity contribution in [3.63, 3.8) is 0 Å². The van der Waals surface area contributed by atoms with Crippen molar-refractivity contribution < 1.29 is 4.79 Å². The molecule has 0 saturated carbocycles. The third-order valence-electron chi connectivity index (χ3n) is 3.64. The topological polar surface area (TPSA) is 41.1 Å². The first-order chi connectivity index (χ1) is 10.8. The summed E-state index contributed by atoms with van der Waals surface area (Å²) in [5.74, 6) is -0.0564. The highest BCUT2D eigenvalue weighted by Crippen LogP contribution is 2.29. The van der Waals surface area contributed by atoms with Gasteiger partial charge in [0.2, 0.25) is 5.91 Å². The van der Waals surface area contributed by atoms with Gasteiger partial charge in [0.25, 0.3) is 0 Å². The molecule has 0 aliphatic heterocycles. The number of aryl methyl sites for hydroxylation is 1. The SMILES string of the molecule is Cc1cc(Br)ccc1NC(=O)CNc1ccccc1C(C)(C)C. The molecule has 2 aromatic carbocycles. The van der Waals surface area contributed by atoms with Crippen LogP contribution in [0.5, 0.6) is 0 Å². The van der Waals surface area contributed by atoms with Gasteiger partial charge in [0, 0.05) is 15.8 Å². The Labute approximate surface area is 146 Å². The molecule has 4 heteroatoms. The number of para-hydroxylation sites is 1. The first kappa shape index (κ1) is 17.5. The standard InChI is InChI=1S/C19H23BrN2O/c1-13-11-14(20)9-10-16(13)22-18(23)12-21-17-8-6-5-7-15(17)19(2,3)4/h5-11,21H,12H2,1-4H3,(H,22,23). The van der Waals surface area contributed by atoms with Crippen LogP contribution in [0.25, 0.3) is 0 Å². The van der Waals surface area contributed by atoms with Gasteiger partial charge < -0.3 is 10.6 Å². The number of hydrogen-bond donors (Lipinski definition) is 2. The average molecular weight is 375 g/mol. The van der Waals surface area contributed by atoms with E-state index >= 15 is 0 Å². The Hall–Kier alpha value is -1.81. The molecule has 0 saturated heterocycles. The van der Waals surface area contributed by atoms with Crippen LogP contribution in [0, 0.1) is 6.92 Å². The third kappa shape index (κ3) is 4.83. The molecule has 0 spiro atoms. The number of carbonyl (C=O) groups is 1. The maximum Gasteiger partial charge on any atom is 0.243 e. The molecule has 2 rings (SSSR count). The molecule has 122 valence electrons. The molecule has 0 atom stereocenters. The van der Waals surface area contributed by atoms with Gasteiger partial charge >= 0.3 is 0 Å². The Morgan fingerprint density at radius 1 is 1.09 bits per heavy atom. The van der Waals surface area contributed by atoms with Crippen LogP contribution in [0.2, 0.25) is 0 Å². The van der Waals surface area contributed by atoms with Gasteiger partial charge in [-0.2, -0.15) is 0 Å². The van der Waals surface area contributed by atoms with E-state index in [0.717, 1.165) is 21.4 Å². The number of benzene rings is 2. The van der Waals surface area contributed by atoms with E-state index in [9.17, 15) is 4.79 Å². The highest BCUT2D eigenvalue weighted by atomic mass is 79.9. The fourth-order valence-electron chi connectivity index (χ4n) is 2.43. The summed E-state index contributed by atoms with van der Waals surface area (Å²) >= 11 is 3.43. The molecule has 23 heavy (non-hydrogen) atoms. The molecular weight excluding hydrogens is 352 g/mol. The number of nitrogens with one attached hydrogen (secondary N) is 2. The van der Waals surface area contributed by atoms with Crippen molar-refractivity contribution in [2.45, 2.75) is 33.1 Å². The summed E-state index contributed by atoms with van der Waals surface area (Å²) in [6.45, 7) is 8.71. The molecule has 0 fully saturated rings. The van der Waals surface area contributed by atoms with Crippen molar-refractivity contribution in [3.05, 3.63) is 58.1 Å². The van der Waals surface area contributed by atoms with Crippen LogP contribution < -0.4 is 10.6 Å². The Kier molecular flexibility index (Phi) is 5.47. The van der Waals surface area contributed by atoms with Crippen LogP contribution in [0.3, 0.4) is 0 Å². The van der Waals surface area contributed by atoms with Crippen LogP contribution in [0.1, 0.15) is 31.9 Å². The van der Waals surface area contributed by atoms with Crippen LogP contribution >= 0.6 is 15.9 Å². The third-order valence-corrected chi connectivity index (χ3v) is 4.13. The molecule has 0 aromatic heterocycles. The van der Waals surface area contributed by atoms with E-state index < -0.39 is 0 Å². The second kappa shape index (κ2) is 7.18. The Balaban J connectivity index is 2.03. The van der Waals surface area contributed by atoms with E-state index in [1.54, 1.807) is 0 Å². The smallest absolute Gasteiger partial charge is 0.243 e. The number of rotatable bonds is 4. The summed E-state index contributed by atoms with van der Waals surface area (Å²) in [6, 6.07) is 13.9. The van der Waals surface area contributed by atoms with Crippen LogP contribution in [-0.2, 0) is 10.2 Å².